The van der Waals surface area contributed by atoms with Gasteiger partial charge in [0.1, 0.15) is 0 Å². The fourth-order valence-electron chi connectivity index (χ4n) is 1.42. The quantitative estimate of drug-likeness (QED) is 0.769. The molecular formula is C12H13N3. The molecule has 0 spiro atoms. The van der Waals surface area contributed by atoms with E-state index in [1.807, 2.05) is 35.0 Å². The third kappa shape index (κ3) is 1.97. The second-order valence-electron chi connectivity index (χ2n) is 3.32. The van der Waals surface area contributed by atoms with Crippen LogP contribution in [0.25, 0.3) is 5.69 Å². The zero-order valence-corrected chi connectivity index (χ0v) is 8.38. The predicted octanol–water partition coefficient (Wildman–Crippen LogP) is 2.06. The van der Waals surface area contributed by atoms with E-state index < -0.39 is 0 Å². The highest BCUT2D eigenvalue weighted by molar-refractivity contribution is 5.36. The Hall–Kier alpha value is -1.87. The lowest BCUT2D eigenvalue weighted by molar-refractivity contribution is 0.911. The molecule has 76 valence electrons. The molecule has 0 aliphatic carbocycles. The molecule has 0 amide bonds. The number of hydrogen-bond donors (Lipinski definition) is 1. The summed E-state index contributed by atoms with van der Waals surface area (Å²) in [6, 6.07) is 7.94. The minimum atomic E-state index is -0.0955. The highest BCUT2D eigenvalue weighted by atomic mass is 15.0. The van der Waals surface area contributed by atoms with Crippen LogP contribution < -0.4 is 5.73 Å². The molecule has 1 aromatic heterocycles. The SMILES string of the molecule is C=C[C@@H](N)c1ccc(-n2ccnc2)cc1. The Bertz CT molecular complexity index is 428. The normalized spacial score (nSPS) is 12.3. The zero-order chi connectivity index (χ0) is 10.7. The van der Waals surface area contributed by atoms with Gasteiger partial charge in [-0.3, -0.25) is 0 Å². The van der Waals surface area contributed by atoms with E-state index >= 15 is 0 Å². The van der Waals surface area contributed by atoms with E-state index in [9.17, 15) is 0 Å². The predicted molar refractivity (Wildman–Crippen MR) is 60.7 cm³/mol. The second-order valence-corrected chi connectivity index (χ2v) is 3.32. The lowest BCUT2D eigenvalue weighted by Gasteiger charge is -2.07. The van der Waals surface area contributed by atoms with Crippen molar-refractivity contribution in [3.8, 4) is 5.69 Å². The summed E-state index contributed by atoms with van der Waals surface area (Å²) < 4.78 is 1.95. The Kier molecular flexibility index (Phi) is 2.65. The fraction of sp³-hybridized carbons (Fsp3) is 0.0833. The van der Waals surface area contributed by atoms with Gasteiger partial charge in [0.15, 0.2) is 0 Å². The molecule has 0 saturated heterocycles. The first-order valence-corrected chi connectivity index (χ1v) is 4.77. The van der Waals surface area contributed by atoms with E-state index in [-0.39, 0.29) is 6.04 Å². The average molecular weight is 199 g/mol. The molecule has 0 fully saturated rings. The van der Waals surface area contributed by atoms with Gasteiger partial charge in [0.25, 0.3) is 0 Å². The van der Waals surface area contributed by atoms with Crippen molar-refractivity contribution < 1.29 is 0 Å². The van der Waals surface area contributed by atoms with E-state index in [1.165, 1.54) is 0 Å². The average Bonchev–Trinajstić information content (AvgIpc) is 2.82. The van der Waals surface area contributed by atoms with Crippen LogP contribution in [0.5, 0.6) is 0 Å². The zero-order valence-electron chi connectivity index (χ0n) is 8.38. The summed E-state index contributed by atoms with van der Waals surface area (Å²) in [5.41, 5.74) is 7.97. The smallest absolute Gasteiger partial charge is 0.0991 e. The van der Waals surface area contributed by atoms with Gasteiger partial charge in [-0.05, 0) is 17.7 Å². The molecule has 2 N–H and O–H groups in total. The molecule has 0 bridgehead atoms. The highest BCUT2D eigenvalue weighted by Crippen LogP contribution is 2.14. The number of rotatable bonds is 3. The van der Waals surface area contributed by atoms with Gasteiger partial charge in [-0.15, -0.1) is 6.58 Å². The molecule has 0 saturated carbocycles. The van der Waals surface area contributed by atoms with E-state index in [2.05, 4.69) is 11.6 Å². The molecule has 0 unspecified atom stereocenters. The van der Waals surface area contributed by atoms with Crippen LogP contribution in [0, 0.1) is 0 Å². The first-order valence-electron chi connectivity index (χ1n) is 4.77. The number of benzene rings is 1. The summed E-state index contributed by atoms with van der Waals surface area (Å²) in [5.74, 6) is 0. The van der Waals surface area contributed by atoms with Gasteiger partial charge < -0.3 is 10.3 Å². The van der Waals surface area contributed by atoms with Crippen LogP contribution in [-0.2, 0) is 0 Å². The number of aromatic nitrogens is 2. The van der Waals surface area contributed by atoms with E-state index in [4.69, 9.17) is 5.73 Å². The Balaban J connectivity index is 2.28. The molecule has 15 heavy (non-hydrogen) atoms. The van der Waals surface area contributed by atoms with Crippen molar-refractivity contribution in [1.29, 1.82) is 0 Å². The van der Waals surface area contributed by atoms with Crippen molar-refractivity contribution in [2.75, 3.05) is 0 Å². The first kappa shape index (κ1) is 9.68. The Morgan fingerprint density at radius 2 is 2.07 bits per heavy atom. The van der Waals surface area contributed by atoms with Crippen molar-refractivity contribution in [2.24, 2.45) is 5.73 Å². The largest absolute Gasteiger partial charge is 0.321 e. The molecule has 2 rings (SSSR count). The van der Waals surface area contributed by atoms with Crippen molar-refractivity contribution in [2.45, 2.75) is 6.04 Å². The number of hydrogen-bond acceptors (Lipinski definition) is 2. The van der Waals surface area contributed by atoms with Gasteiger partial charge in [-0.2, -0.15) is 0 Å². The van der Waals surface area contributed by atoms with Gasteiger partial charge in [0, 0.05) is 24.1 Å². The lowest BCUT2D eigenvalue weighted by Crippen LogP contribution is -2.06. The second kappa shape index (κ2) is 4.11. The summed E-state index contributed by atoms with van der Waals surface area (Å²) in [6.45, 7) is 3.67. The standard InChI is InChI=1S/C12H13N3/c1-2-12(13)10-3-5-11(6-4-10)15-8-7-14-9-15/h2-9,12H,1,13H2/t12-/m1/s1. The fourth-order valence-corrected chi connectivity index (χ4v) is 1.42. The maximum atomic E-state index is 5.83. The van der Waals surface area contributed by atoms with E-state index in [1.54, 1.807) is 18.6 Å². The van der Waals surface area contributed by atoms with Gasteiger partial charge >= 0.3 is 0 Å². The third-order valence-electron chi connectivity index (χ3n) is 2.33. The first-order chi connectivity index (χ1) is 7.31. The molecule has 3 heteroatoms. The van der Waals surface area contributed by atoms with Crippen molar-refractivity contribution in [3.05, 3.63) is 61.2 Å². The van der Waals surface area contributed by atoms with Gasteiger partial charge in [-0.25, -0.2) is 4.98 Å². The Morgan fingerprint density at radius 1 is 1.33 bits per heavy atom. The highest BCUT2D eigenvalue weighted by Gasteiger charge is 2.01. The van der Waals surface area contributed by atoms with Crippen LogP contribution in [0.2, 0.25) is 0 Å². The molecule has 3 nitrogen and oxygen atoms in total. The topological polar surface area (TPSA) is 43.8 Å². The summed E-state index contributed by atoms with van der Waals surface area (Å²) in [5, 5.41) is 0. The Labute approximate surface area is 88.9 Å². The molecule has 0 aliphatic heterocycles. The number of nitrogens with zero attached hydrogens (tertiary/aromatic N) is 2. The molecule has 2 aromatic rings. The molecular weight excluding hydrogens is 186 g/mol. The van der Waals surface area contributed by atoms with Gasteiger partial charge in [0.05, 0.1) is 6.33 Å². The van der Waals surface area contributed by atoms with Gasteiger partial charge in [0.2, 0.25) is 0 Å². The minimum Gasteiger partial charge on any atom is -0.321 e. The van der Waals surface area contributed by atoms with Crippen molar-refractivity contribution >= 4 is 0 Å². The van der Waals surface area contributed by atoms with Crippen LogP contribution in [-0.4, -0.2) is 9.55 Å². The third-order valence-corrected chi connectivity index (χ3v) is 2.33. The summed E-state index contributed by atoms with van der Waals surface area (Å²) >= 11 is 0. The lowest BCUT2D eigenvalue weighted by atomic mass is 10.1. The number of nitrogens with two attached hydrogens (primary N) is 1. The maximum absolute atomic E-state index is 5.83. The van der Waals surface area contributed by atoms with Crippen molar-refractivity contribution in [1.82, 2.24) is 9.55 Å². The Morgan fingerprint density at radius 3 is 2.60 bits per heavy atom. The summed E-state index contributed by atoms with van der Waals surface area (Å²) in [6.07, 6.45) is 7.15. The van der Waals surface area contributed by atoms with Crippen LogP contribution in [0.4, 0.5) is 0 Å². The van der Waals surface area contributed by atoms with E-state index in [0.717, 1.165) is 11.3 Å². The minimum absolute atomic E-state index is 0.0955. The summed E-state index contributed by atoms with van der Waals surface area (Å²) in [7, 11) is 0. The summed E-state index contributed by atoms with van der Waals surface area (Å²) in [4.78, 5) is 3.99. The maximum Gasteiger partial charge on any atom is 0.0991 e. The molecule has 1 atom stereocenters. The molecule has 1 aromatic carbocycles. The molecule has 0 radical (unpaired) electrons. The molecule has 1 heterocycles. The molecule has 0 aliphatic rings. The van der Waals surface area contributed by atoms with Gasteiger partial charge in [-0.1, -0.05) is 18.2 Å². The van der Waals surface area contributed by atoms with Crippen LogP contribution in [0.1, 0.15) is 11.6 Å². The van der Waals surface area contributed by atoms with Crippen LogP contribution in [0.15, 0.2) is 55.6 Å². The van der Waals surface area contributed by atoms with Crippen LogP contribution >= 0.6 is 0 Å². The van der Waals surface area contributed by atoms with E-state index in [0.29, 0.717) is 0 Å². The monoisotopic (exact) mass is 199 g/mol. The number of imidazole rings is 1. The van der Waals surface area contributed by atoms with Crippen molar-refractivity contribution in [3.63, 3.8) is 0 Å². The van der Waals surface area contributed by atoms with Crippen LogP contribution in [0.3, 0.4) is 0 Å².